The van der Waals surface area contributed by atoms with Crippen molar-refractivity contribution >= 4 is 0 Å². The van der Waals surface area contributed by atoms with Gasteiger partial charge in [0.05, 0.1) is 0 Å². The third-order valence-electron chi connectivity index (χ3n) is 6.48. The molecular formula is C16H26N4. The fraction of sp³-hybridized carbons (Fsp3) is 0.875. The summed E-state index contributed by atoms with van der Waals surface area (Å²) in [5.74, 6) is 7.14. The van der Waals surface area contributed by atoms with Gasteiger partial charge < -0.3 is 10.3 Å². The monoisotopic (exact) mass is 274 g/mol. The van der Waals surface area contributed by atoms with Gasteiger partial charge in [0.1, 0.15) is 11.6 Å². The highest BCUT2D eigenvalue weighted by Crippen LogP contribution is 2.59. The van der Waals surface area contributed by atoms with E-state index in [1.807, 2.05) is 6.92 Å². The van der Waals surface area contributed by atoms with Gasteiger partial charge in [-0.15, -0.1) is 10.2 Å². The van der Waals surface area contributed by atoms with Gasteiger partial charge in [0.2, 0.25) is 0 Å². The number of hydrogen-bond acceptors (Lipinski definition) is 3. The SMILES string of the molecule is Cc1nnc(C(CN)C2C3CC4CC(C3)CC2C4)n1C. The van der Waals surface area contributed by atoms with E-state index in [1.54, 1.807) is 0 Å². The Balaban J connectivity index is 1.66. The molecule has 1 aromatic rings. The first kappa shape index (κ1) is 12.8. The number of nitrogens with two attached hydrogens (primary N) is 1. The molecule has 0 spiro atoms. The van der Waals surface area contributed by atoms with Gasteiger partial charge in [0, 0.05) is 19.5 Å². The molecule has 0 aliphatic heterocycles. The van der Waals surface area contributed by atoms with Crippen LogP contribution in [0.25, 0.3) is 0 Å². The predicted molar refractivity (Wildman–Crippen MR) is 78.1 cm³/mol. The second kappa shape index (κ2) is 4.55. The van der Waals surface area contributed by atoms with Crippen molar-refractivity contribution in [1.82, 2.24) is 14.8 Å². The fourth-order valence-corrected chi connectivity index (χ4v) is 5.81. The molecule has 5 rings (SSSR count). The van der Waals surface area contributed by atoms with Crippen LogP contribution in [0.5, 0.6) is 0 Å². The lowest BCUT2D eigenvalue weighted by Crippen LogP contribution is -2.48. The summed E-state index contributed by atoms with van der Waals surface area (Å²) in [5.41, 5.74) is 6.18. The summed E-state index contributed by atoms with van der Waals surface area (Å²) in [6, 6.07) is 0. The third-order valence-corrected chi connectivity index (χ3v) is 6.48. The minimum atomic E-state index is 0.413. The Morgan fingerprint density at radius 1 is 1.10 bits per heavy atom. The normalized spacial score (nSPS) is 40.2. The average molecular weight is 274 g/mol. The molecule has 4 aliphatic rings. The van der Waals surface area contributed by atoms with Crippen molar-refractivity contribution in [2.45, 2.75) is 44.9 Å². The smallest absolute Gasteiger partial charge is 0.137 e. The molecule has 4 aliphatic carbocycles. The molecule has 4 heteroatoms. The molecule has 0 radical (unpaired) electrons. The molecule has 1 unspecified atom stereocenters. The highest BCUT2D eigenvalue weighted by atomic mass is 15.3. The Morgan fingerprint density at radius 2 is 1.70 bits per heavy atom. The van der Waals surface area contributed by atoms with Crippen LogP contribution in [-0.4, -0.2) is 21.3 Å². The van der Waals surface area contributed by atoms with Gasteiger partial charge in [-0.05, 0) is 68.6 Å². The largest absolute Gasteiger partial charge is 0.330 e. The average Bonchev–Trinajstić information content (AvgIpc) is 2.74. The van der Waals surface area contributed by atoms with E-state index >= 15 is 0 Å². The predicted octanol–water partition coefficient (Wildman–Crippen LogP) is 2.24. The lowest BCUT2D eigenvalue weighted by Gasteiger charge is -2.56. The molecule has 4 nitrogen and oxygen atoms in total. The molecule has 0 aromatic carbocycles. The molecule has 0 saturated heterocycles. The molecule has 4 bridgehead atoms. The summed E-state index contributed by atoms with van der Waals surface area (Å²) in [4.78, 5) is 0. The third kappa shape index (κ3) is 1.77. The van der Waals surface area contributed by atoms with E-state index in [1.165, 1.54) is 32.1 Å². The van der Waals surface area contributed by atoms with Crippen molar-refractivity contribution < 1.29 is 0 Å². The summed E-state index contributed by atoms with van der Waals surface area (Å²) in [7, 11) is 2.09. The molecule has 4 saturated carbocycles. The molecular weight excluding hydrogens is 248 g/mol. The van der Waals surface area contributed by atoms with Crippen molar-refractivity contribution in [3.8, 4) is 0 Å². The Labute approximate surface area is 121 Å². The highest BCUT2D eigenvalue weighted by Gasteiger charge is 2.51. The molecule has 4 fully saturated rings. The van der Waals surface area contributed by atoms with Gasteiger partial charge >= 0.3 is 0 Å². The van der Waals surface area contributed by atoms with Crippen molar-refractivity contribution in [3.05, 3.63) is 11.6 Å². The van der Waals surface area contributed by atoms with Crippen LogP contribution in [0.15, 0.2) is 0 Å². The first-order valence-electron chi connectivity index (χ1n) is 8.23. The summed E-state index contributed by atoms with van der Waals surface area (Å²) in [6.07, 6.45) is 7.31. The van der Waals surface area contributed by atoms with E-state index in [4.69, 9.17) is 5.73 Å². The molecule has 2 N–H and O–H groups in total. The summed E-state index contributed by atoms with van der Waals surface area (Å²) in [5, 5.41) is 8.71. The maximum absolute atomic E-state index is 6.18. The van der Waals surface area contributed by atoms with E-state index in [2.05, 4.69) is 21.8 Å². The fourth-order valence-electron chi connectivity index (χ4n) is 5.81. The standard InChI is InChI=1S/C16H26N4/c1-9-18-19-16(20(9)2)14(8-17)15-12-4-10-3-11(6-12)7-13(15)5-10/h10-15H,3-8,17H2,1-2H3. The lowest BCUT2D eigenvalue weighted by atomic mass is 9.49. The van der Waals surface area contributed by atoms with Crippen molar-refractivity contribution in [2.24, 2.45) is 42.4 Å². The zero-order valence-corrected chi connectivity index (χ0v) is 12.6. The zero-order valence-electron chi connectivity index (χ0n) is 12.6. The van der Waals surface area contributed by atoms with Crippen molar-refractivity contribution in [3.63, 3.8) is 0 Å². The minimum Gasteiger partial charge on any atom is -0.330 e. The van der Waals surface area contributed by atoms with Gasteiger partial charge in [-0.25, -0.2) is 0 Å². The maximum Gasteiger partial charge on any atom is 0.137 e. The molecule has 1 aromatic heterocycles. The Bertz CT molecular complexity index is 479. The van der Waals surface area contributed by atoms with Gasteiger partial charge in [0.25, 0.3) is 0 Å². The zero-order chi connectivity index (χ0) is 13.9. The van der Waals surface area contributed by atoms with Crippen LogP contribution in [0.2, 0.25) is 0 Å². The highest BCUT2D eigenvalue weighted by molar-refractivity contribution is 5.10. The first-order valence-corrected chi connectivity index (χ1v) is 8.23. The molecule has 1 atom stereocenters. The second-order valence-corrected chi connectivity index (χ2v) is 7.51. The van der Waals surface area contributed by atoms with Gasteiger partial charge in [-0.3, -0.25) is 0 Å². The number of aryl methyl sites for hydroxylation is 1. The summed E-state index contributed by atoms with van der Waals surface area (Å²) >= 11 is 0. The van der Waals surface area contributed by atoms with Crippen LogP contribution in [0, 0.1) is 36.5 Å². The minimum absolute atomic E-state index is 0.413. The van der Waals surface area contributed by atoms with E-state index in [0.717, 1.165) is 47.8 Å². The maximum atomic E-state index is 6.18. The Hall–Kier alpha value is -0.900. The number of rotatable bonds is 3. The van der Waals surface area contributed by atoms with E-state index < -0.39 is 0 Å². The van der Waals surface area contributed by atoms with Gasteiger partial charge in [0.15, 0.2) is 0 Å². The number of nitrogens with zero attached hydrogens (tertiary/aromatic N) is 3. The molecule has 0 amide bonds. The number of aromatic nitrogens is 3. The van der Waals surface area contributed by atoms with Crippen LogP contribution in [-0.2, 0) is 7.05 Å². The first-order chi connectivity index (χ1) is 9.67. The van der Waals surface area contributed by atoms with Crippen LogP contribution >= 0.6 is 0 Å². The van der Waals surface area contributed by atoms with E-state index in [0.29, 0.717) is 5.92 Å². The topological polar surface area (TPSA) is 56.7 Å². The number of hydrogen-bond donors (Lipinski definition) is 1. The van der Waals surface area contributed by atoms with Crippen LogP contribution in [0.1, 0.15) is 49.7 Å². The second-order valence-electron chi connectivity index (χ2n) is 7.51. The summed E-state index contributed by atoms with van der Waals surface area (Å²) in [6.45, 7) is 2.75. The molecule has 1 heterocycles. The quantitative estimate of drug-likeness (QED) is 0.919. The van der Waals surface area contributed by atoms with Crippen LogP contribution in [0.3, 0.4) is 0 Å². The molecule has 110 valence electrons. The van der Waals surface area contributed by atoms with Gasteiger partial charge in [-0.1, -0.05) is 0 Å². The van der Waals surface area contributed by atoms with Crippen LogP contribution < -0.4 is 5.73 Å². The van der Waals surface area contributed by atoms with Crippen LogP contribution in [0.4, 0.5) is 0 Å². The summed E-state index contributed by atoms with van der Waals surface area (Å²) < 4.78 is 2.16. The van der Waals surface area contributed by atoms with E-state index in [-0.39, 0.29) is 0 Å². The molecule has 20 heavy (non-hydrogen) atoms. The van der Waals surface area contributed by atoms with Crippen molar-refractivity contribution in [1.29, 1.82) is 0 Å². The Morgan fingerprint density at radius 3 is 2.15 bits per heavy atom. The van der Waals surface area contributed by atoms with Gasteiger partial charge in [-0.2, -0.15) is 0 Å². The lowest BCUT2D eigenvalue weighted by molar-refractivity contribution is -0.0481. The van der Waals surface area contributed by atoms with E-state index in [9.17, 15) is 0 Å². The van der Waals surface area contributed by atoms with Crippen molar-refractivity contribution in [2.75, 3.05) is 6.54 Å². The Kier molecular flexibility index (Phi) is 2.92.